The molecule has 146 valence electrons. The summed E-state index contributed by atoms with van der Waals surface area (Å²) in [5.41, 5.74) is 2.84. The van der Waals surface area contributed by atoms with E-state index in [0.717, 1.165) is 16.5 Å². The van der Waals surface area contributed by atoms with E-state index in [1.807, 2.05) is 24.3 Å². The van der Waals surface area contributed by atoms with Gasteiger partial charge in [0.2, 0.25) is 0 Å². The van der Waals surface area contributed by atoms with Crippen LogP contribution < -0.4 is 5.32 Å². The van der Waals surface area contributed by atoms with Gasteiger partial charge in [-0.05, 0) is 42.0 Å². The Bertz CT molecular complexity index is 982. The summed E-state index contributed by atoms with van der Waals surface area (Å²) in [6.45, 7) is 1.39. The first kappa shape index (κ1) is 19.9. The second kappa shape index (κ2) is 8.91. The van der Waals surface area contributed by atoms with Crippen molar-refractivity contribution < 1.29 is 14.3 Å². The van der Waals surface area contributed by atoms with Gasteiger partial charge < -0.3 is 19.9 Å². The molecule has 2 N–H and O–H groups in total. The number of likely N-dealkylation sites (N-methyl/N-ethyl adjacent to an activating group) is 1. The minimum Gasteiger partial charge on any atom is -0.383 e. The monoisotopic (exact) mass is 399 g/mol. The normalized spacial score (nSPS) is 10.8. The number of carbonyl (C=O) groups is 2. The lowest BCUT2D eigenvalue weighted by Crippen LogP contribution is -2.30. The summed E-state index contributed by atoms with van der Waals surface area (Å²) in [6, 6.07) is 14.4. The summed E-state index contributed by atoms with van der Waals surface area (Å²) in [4.78, 5) is 29.4. The first-order valence-corrected chi connectivity index (χ1v) is 9.25. The molecule has 0 radical (unpaired) electrons. The van der Waals surface area contributed by atoms with Crippen LogP contribution in [0.5, 0.6) is 0 Å². The Morgan fingerprint density at radius 2 is 1.89 bits per heavy atom. The number of hydrogen-bond donors (Lipinski definition) is 2. The van der Waals surface area contributed by atoms with Crippen molar-refractivity contribution in [1.82, 2.24) is 15.2 Å². The number of benzene rings is 2. The molecule has 2 aromatic carbocycles. The molecule has 0 aliphatic heterocycles. The van der Waals surface area contributed by atoms with E-state index in [-0.39, 0.29) is 11.8 Å². The lowest BCUT2D eigenvalue weighted by atomic mass is 10.1. The molecule has 1 aromatic heterocycles. The van der Waals surface area contributed by atoms with E-state index in [9.17, 15) is 9.59 Å². The van der Waals surface area contributed by atoms with Crippen molar-refractivity contribution in [1.29, 1.82) is 0 Å². The molecule has 0 saturated heterocycles. The first-order chi connectivity index (χ1) is 13.5. The van der Waals surface area contributed by atoms with Crippen LogP contribution in [0.25, 0.3) is 10.9 Å². The third kappa shape index (κ3) is 4.71. The predicted octanol–water partition coefficient (Wildman–Crippen LogP) is 3.47. The van der Waals surface area contributed by atoms with Gasteiger partial charge in [0.15, 0.2) is 0 Å². The van der Waals surface area contributed by atoms with Crippen LogP contribution in [0.4, 0.5) is 0 Å². The van der Waals surface area contributed by atoms with E-state index in [1.165, 1.54) is 0 Å². The molecule has 28 heavy (non-hydrogen) atoms. The summed E-state index contributed by atoms with van der Waals surface area (Å²) in [7, 11) is 3.34. The molecule has 7 heteroatoms. The van der Waals surface area contributed by atoms with E-state index in [2.05, 4.69) is 10.3 Å². The van der Waals surface area contributed by atoms with Crippen molar-refractivity contribution in [2.24, 2.45) is 0 Å². The molecule has 0 aliphatic rings. The number of rotatable bonds is 7. The van der Waals surface area contributed by atoms with E-state index >= 15 is 0 Å². The van der Waals surface area contributed by atoms with Crippen LogP contribution in [0.1, 0.15) is 26.4 Å². The molecule has 0 atom stereocenters. The van der Waals surface area contributed by atoms with Gasteiger partial charge in [-0.25, -0.2) is 0 Å². The quantitative estimate of drug-likeness (QED) is 0.638. The van der Waals surface area contributed by atoms with Crippen LogP contribution in [-0.4, -0.2) is 49.0 Å². The molecule has 2 amide bonds. The van der Waals surface area contributed by atoms with Crippen LogP contribution in [-0.2, 0) is 11.3 Å². The number of aromatic amines is 1. The molecule has 0 fully saturated rings. The highest BCUT2D eigenvalue weighted by molar-refractivity contribution is 6.31. The van der Waals surface area contributed by atoms with Crippen LogP contribution >= 0.6 is 11.6 Å². The largest absolute Gasteiger partial charge is 0.383 e. The zero-order valence-corrected chi connectivity index (χ0v) is 16.5. The first-order valence-electron chi connectivity index (χ1n) is 8.88. The van der Waals surface area contributed by atoms with Gasteiger partial charge in [-0.2, -0.15) is 0 Å². The second-order valence-corrected chi connectivity index (χ2v) is 6.95. The Hall–Kier alpha value is -2.83. The molecule has 0 aliphatic carbocycles. The number of aromatic nitrogens is 1. The van der Waals surface area contributed by atoms with E-state index in [4.69, 9.17) is 16.3 Å². The van der Waals surface area contributed by atoms with E-state index in [0.29, 0.717) is 36.0 Å². The number of H-pyrrole nitrogens is 1. The van der Waals surface area contributed by atoms with Crippen LogP contribution in [0.15, 0.2) is 48.5 Å². The average molecular weight is 400 g/mol. The Morgan fingerprint density at radius 3 is 2.61 bits per heavy atom. The van der Waals surface area contributed by atoms with Crippen molar-refractivity contribution in [2.75, 3.05) is 27.3 Å². The maximum atomic E-state index is 12.4. The topological polar surface area (TPSA) is 74.4 Å². The minimum absolute atomic E-state index is 0.0654. The number of fused-ring (bicyclic) bond motifs is 1. The number of methoxy groups -OCH3 is 1. The fourth-order valence-electron chi connectivity index (χ4n) is 2.82. The summed E-state index contributed by atoms with van der Waals surface area (Å²) >= 11 is 5.98. The number of nitrogens with one attached hydrogen (secondary N) is 2. The van der Waals surface area contributed by atoms with Crippen LogP contribution in [0.2, 0.25) is 5.02 Å². The summed E-state index contributed by atoms with van der Waals surface area (Å²) in [6.07, 6.45) is 0. The van der Waals surface area contributed by atoms with E-state index in [1.54, 1.807) is 43.3 Å². The Morgan fingerprint density at radius 1 is 1.14 bits per heavy atom. The molecular formula is C21H22ClN3O3. The minimum atomic E-state index is -0.202. The van der Waals surface area contributed by atoms with Crippen molar-refractivity contribution in [3.8, 4) is 0 Å². The second-order valence-electron chi connectivity index (χ2n) is 6.51. The highest BCUT2D eigenvalue weighted by Crippen LogP contribution is 2.20. The predicted molar refractivity (Wildman–Crippen MR) is 110 cm³/mol. The van der Waals surface area contributed by atoms with Gasteiger partial charge >= 0.3 is 0 Å². The van der Waals surface area contributed by atoms with Crippen molar-refractivity contribution in [3.05, 3.63) is 70.4 Å². The highest BCUT2D eigenvalue weighted by Gasteiger charge is 2.12. The highest BCUT2D eigenvalue weighted by atomic mass is 35.5. The number of nitrogens with zero attached hydrogens (tertiary/aromatic N) is 1. The Labute approximate surface area is 168 Å². The molecule has 0 saturated carbocycles. The third-order valence-corrected chi connectivity index (χ3v) is 4.69. The maximum absolute atomic E-state index is 12.4. The third-order valence-electron chi connectivity index (χ3n) is 4.46. The molecule has 3 rings (SSSR count). The number of ether oxygens (including phenoxy) is 1. The molecule has 0 unspecified atom stereocenters. The van der Waals surface area contributed by atoms with Crippen molar-refractivity contribution in [3.63, 3.8) is 0 Å². The Balaban J connectivity index is 1.59. The van der Waals surface area contributed by atoms with Crippen LogP contribution in [0, 0.1) is 0 Å². The molecule has 0 spiro atoms. The number of carbonyl (C=O) groups excluding carboxylic acids is 2. The Kier molecular flexibility index (Phi) is 6.34. The molecule has 6 nitrogen and oxygen atoms in total. The van der Waals surface area contributed by atoms with Gasteiger partial charge in [-0.3, -0.25) is 9.59 Å². The zero-order chi connectivity index (χ0) is 20.1. The molecule has 0 bridgehead atoms. The van der Waals surface area contributed by atoms with Crippen LogP contribution in [0.3, 0.4) is 0 Å². The van der Waals surface area contributed by atoms with Gasteiger partial charge in [0.1, 0.15) is 5.69 Å². The van der Waals surface area contributed by atoms with Gasteiger partial charge in [0, 0.05) is 48.7 Å². The van der Waals surface area contributed by atoms with Gasteiger partial charge in [-0.15, -0.1) is 0 Å². The fourth-order valence-corrected chi connectivity index (χ4v) is 3.00. The van der Waals surface area contributed by atoms with Crippen molar-refractivity contribution in [2.45, 2.75) is 6.54 Å². The number of hydrogen-bond acceptors (Lipinski definition) is 3. The summed E-state index contributed by atoms with van der Waals surface area (Å²) in [5, 5.41) is 4.39. The van der Waals surface area contributed by atoms with Gasteiger partial charge in [-0.1, -0.05) is 23.7 Å². The molecule has 3 aromatic rings. The standard InChI is InChI=1S/C21H22ClN3O3/c1-25(9-10-28-2)21(27)15-5-3-14(4-6-15)13-23-20(26)19-12-16-11-17(22)7-8-18(16)24-19/h3-8,11-12,24H,9-10,13H2,1-2H3,(H,23,26). The summed E-state index contributed by atoms with van der Waals surface area (Å²) < 4.78 is 4.99. The molecule has 1 heterocycles. The smallest absolute Gasteiger partial charge is 0.267 e. The lowest BCUT2D eigenvalue weighted by Gasteiger charge is -2.16. The average Bonchev–Trinajstić information content (AvgIpc) is 3.13. The molecular weight excluding hydrogens is 378 g/mol. The SMILES string of the molecule is COCCN(C)C(=O)c1ccc(CNC(=O)c2cc3cc(Cl)ccc3[nH]2)cc1. The van der Waals surface area contributed by atoms with Crippen molar-refractivity contribution >= 4 is 34.3 Å². The zero-order valence-electron chi connectivity index (χ0n) is 15.8. The lowest BCUT2D eigenvalue weighted by molar-refractivity contribution is 0.0744. The fraction of sp³-hybridized carbons (Fsp3) is 0.238. The number of amides is 2. The van der Waals surface area contributed by atoms with E-state index < -0.39 is 0 Å². The maximum Gasteiger partial charge on any atom is 0.267 e. The number of halogens is 1. The van der Waals surface area contributed by atoms with Gasteiger partial charge in [0.05, 0.1) is 6.61 Å². The summed E-state index contributed by atoms with van der Waals surface area (Å²) in [5.74, 6) is -0.267. The van der Waals surface area contributed by atoms with Gasteiger partial charge in [0.25, 0.3) is 11.8 Å².